The molecule has 0 heterocycles. The average Bonchev–Trinajstić information content (AvgIpc) is 1.91. The average molecular weight is 145 g/mol. The first-order valence-electron chi connectivity index (χ1n) is 3.45. The van der Waals surface area contributed by atoms with Crippen molar-refractivity contribution in [1.29, 1.82) is 0 Å². The summed E-state index contributed by atoms with van der Waals surface area (Å²) in [7, 11) is 0. The predicted molar refractivity (Wildman–Crippen MR) is 40.6 cm³/mol. The molecular formula is C7H15NO2. The Kier molecular flexibility index (Phi) is 4.98. The van der Waals surface area contributed by atoms with Crippen molar-refractivity contribution in [1.82, 2.24) is 0 Å². The van der Waals surface area contributed by atoms with Gasteiger partial charge in [-0.1, -0.05) is 6.92 Å². The molecule has 0 saturated carbocycles. The highest BCUT2D eigenvalue weighted by Gasteiger charge is 2.11. The number of aliphatic hydroxyl groups excluding tert-OH is 2. The molecule has 1 unspecified atom stereocenters. The minimum atomic E-state index is -0.611. The van der Waals surface area contributed by atoms with Gasteiger partial charge in [-0.3, -0.25) is 0 Å². The van der Waals surface area contributed by atoms with Crippen LogP contribution in [0.3, 0.4) is 0 Å². The van der Waals surface area contributed by atoms with Crippen molar-refractivity contribution in [3.63, 3.8) is 0 Å². The molecule has 3 nitrogen and oxygen atoms in total. The fourth-order valence-corrected chi connectivity index (χ4v) is 0.793. The molecule has 0 aromatic carbocycles. The molecule has 3 heteroatoms. The van der Waals surface area contributed by atoms with Crippen molar-refractivity contribution in [3.05, 3.63) is 12.3 Å². The number of hydrogen-bond donors (Lipinski definition) is 3. The maximum Gasteiger partial charge on any atom is 0.0793 e. The molecule has 0 aromatic heterocycles. The largest absolute Gasteiger partial charge is 0.516 e. The highest BCUT2D eigenvalue weighted by Crippen LogP contribution is 2.07. The van der Waals surface area contributed by atoms with E-state index >= 15 is 0 Å². The van der Waals surface area contributed by atoms with E-state index in [-0.39, 0.29) is 5.92 Å². The molecule has 0 aromatic rings. The zero-order valence-electron chi connectivity index (χ0n) is 6.20. The monoisotopic (exact) mass is 145 g/mol. The molecule has 0 aliphatic carbocycles. The van der Waals surface area contributed by atoms with E-state index < -0.39 is 6.10 Å². The standard InChI is InChI=1S/C7H15NO2/c1-2-6(5-8)7(10)3-4-9/h3-4,6-7,9-10H,2,5,8H2,1H3/b4-3+/t6?,7-/m1/s1. The Labute approximate surface area is 61.2 Å². The van der Waals surface area contributed by atoms with E-state index in [4.69, 9.17) is 10.8 Å². The lowest BCUT2D eigenvalue weighted by Gasteiger charge is -2.15. The Morgan fingerprint density at radius 3 is 2.50 bits per heavy atom. The second-order valence-corrected chi connectivity index (χ2v) is 2.24. The van der Waals surface area contributed by atoms with Crippen LogP contribution in [0.5, 0.6) is 0 Å². The Hall–Kier alpha value is -0.540. The molecule has 60 valence electrons. The van der Waals surface area contributed by atoms with Gasteiger partial charge in [0, 0.05) is 5.92 Å². The Bertz CT molecular complexity index is 99.8. The van der Waals surface area contributed by atoms with Gasteiger partial charge < -0.3 is 15.9 Å². The van der Waals surface area contributed by atoms with E-state index in [2.05, 4.69) is 0 Å². The van der Waals surface area contributed by atoms with Crippen LogP contribution in [0.4, 0.5) is 0 Å². The van der Waals surface area contributed by atoms with Crippen LogP contribution in [0, 0.1) is 5.92 Å². The molecule has 2 atom stereocenters. The smallest absolute Gasteiger partial charge is 0.0793 e. The van der Waals surface area contributed by atoms with Crippen LogP contribution in [0.1, 0.15) is 13.3 Å². The van der Waals surface area contributed by atoms with E-state index in [1.807, 2.05) is 6.92 Å². The second-order valence-electron chi connectivity index (χ2n) is 2.24. The van der Waals surface area contributed by atoms with Crippen LogP contribution in [0.25, 0.3) is 0 Å². The van der Waals surface area contributed by atoms with Crippen molar-refractivity contribution in [2.75, 3.05) is 6.54 Å². The summed E-state index contributed by atoms with van der Waals surface area (Å²) >= 11 is 0. The van der Waals surface area contributed by atoms with Gasteiger partial charge in [-0.05, 0) is 19.0 Å². The molecule has 0 saturated heterocycles. The van der Waals surface area contributed by atoms with Gasteiger partial charge in [0.05, 0.1) is 12.4 Å². The Morgan fingerprint density at radius 2 is 2.20 bits per heavy atom. The second kappa shape index (κ2) is 5.26. The fourth-order valence-electron chi connectivity index (χ4n) is 0.793. The highest BCUT2D eigenvalue weighted by molar-refractivity contribution is 4.86. The lowest BCUT2D eigenvalue weighted by molar-refractivity contribution is 0.151. The van der Waals surface area contributed by atoms with Crippen molar-refractivity contribution in [2.45, 2.75) is 19.4 Å². The summed E-state index contributed by atoms with van der Waals surface area (Å²) in [5, 5.41) is 17.5. The molecule has 0 aliphatic rings. The predicted octanol–water partition coefficient (Wildman–Crippen LogP) is 0.404. The minimum Gasteiger partial charge on any atom is -0.516 e. The van der Waals surface area contributed by atoms with Gasteiger partial charge in [0.15, 0.2) is 0 Å². The van der Waals surface area contributed by atoms with Crippen LogP contribution in [-0.2, 0) is 0 Å². The number of rotatable bonds is 4. The first-order valence-corrected chi connectivity index (χ1v) is 3.45. The van der Waals surface area contributed by atoms with E-state index in [0.29, 0.717) is 6.54 Å². The Balaban J connectivity index is 3.75. The SMILES string of the molecule is CCC(CN)[C@H](O)/C=C/O. The summed E-state index contributed by atoms with van der Waals surface area (Å²) in [5.74, 6) is 0.0587. The van der Waals surface area contributed by atoms with Gasteiger partial charge >= 0.3 is 0 Å². The van der Waals surface area contributed by atoms with E-state index in [1.54, 1.807) is 0 Å². The normalized spacial score (nSPS) is 17.5. The third kappa shape index (κ3) is 2.85. The van der Waals surface area contributed by atoms with E-state index in [1.165, 1.54) is 6.08 Å². The number of hydrogen-bond acceptors (Lipinski definition) is 3. The first-order chi connectivity index (χ1) is 4.76. The first kappa shape index (κ1) is 9.46. The van der Waals surface area contributed by atoms with Gasteiger partial charge in [-0.2, -0.15) is 0 Å². The third-order valence-electron chi connectivity index (χ3n) is 1.59. The number of nitrogens with two attached hydrogens (primary N) is 1. The van der Waals surface area contributed by atoms with E-state index in [0.717, 1.165) is 12.7 Å². The van der Waals surface area contributed by atoms with Gasteiger partial charge in [0.1, 0.15) is 0 Å². The van der Waals surface area contributed by atoms with Gasteiger partial charge in [0.25, 0.3) is 0 Å². The summed E-state index contributed by atoms with van der Waals surface area (Å²) in [6.07, 6.45) is 2.39. The van der Waals surface area contributed by atoms with Crippen LogP contribution >= 0.6 is 0 Å². The van der Waals surface area contributed by atoms with E-state index in [9.17, 15) is 5.11 Å². The molecule has 10 heavy (non-hydrogen) atoms. The molecule has 0 bridgehead atoms. The number of aliphatic hydroxyl groups is 2. The van der Waals surface area contributed by atoms with Crippen LogP contribution < -0.4 is 5.73 Å². The summed E-state index contributed by atoms with van der Waals surface area (Å²) in [4.78, 5) is 0. The lowest BCUT2D eigenvalue weighted by atomic mass is 10.00. The highest BCUT2D eigenvalue weighted by atomic mass is 16.3. The van der Waals surface area contributed by atoms with Crippen molar-refractivity contribution in [2.24, 2.45) is 11.7 Å². The molecule has 0 aliphatic heterocycles. The third-order valence-corrected chi connectivity index (χ3v) is 1.59. The maximum absolute atomic E-state index is 9.18. The van der Waals surface area contributed by atoms with Crippen molar-refractivity contribution < 1.29 is 10.2 Å². The zero-order valence-corrected chi connectivity index (χ0v) is 6.20. The fraction of sp³-hybridized carbons (Fsp3) is 0.714. The maximum atomic E-state index is 9.18. The van der Waals surface area contributed by atoms with Crippen LogP contribution in [0.15, 0.2) is 12.3 Å². The molecule has 0 radical (unpaired) electrons. The molecule has 0 fully saturated rings. The van der Waals surface area contributed by atoms with Crippen LogP contribution in [0.2, 0.25) is 0 Å². The van der Waals surface area contributed by atoms with Gasteiger partial charge in [0.2, 0.25) is 0 Å². The zero-order chi connectivity index (χ0) is 7.98. The molecule has 4 N–H and O–H groups in total. The topological polar surface area (TPSA) is 66.5 Å². The summed E-state index contributed by atoms with van der Waals surface area (Å²) in [5.41, 5.74) is 5.34. The summed E-state index contributed by atoms with van der Waals surface area (Å²) < 4.78 is 0. The quantitative estimate of drug-likeness (QED) is 0.502. The molecule has 0 rings (SSSR count). The van der Waals surface area contributed by atoms with Gasteiger partial charge in [-0.15, -0.1) is 0 Å². The van der Waals surface area contributed by atoms with Gasteiger partial charge in [-0.25, -0.2) is 0 Å². The molecule has 0 amide bonds. The molecule has 0 spiro atoms. The lowest BCUT2D eigenvalue weighted by Crippen LogP contribution is -2.25. The summed E-state index contributed by atoms with van der Waals surface area (Å²) in [6.45, 7) is 2.40. The van der Waals surface area contributed by atoms with Crippen LogP contribution in [-0.4, -0.2) is 22.9 Å². The molecular weight excluding hydrogens is 130 g/mol. The Morgan fingerprint density at radius 1 is 1.60 bits per heavy atom. The summed E-state index contributed by atoms with van der Waals surface area (Å²) in [6, 6.07) is 0. The van der Waals surface area contributed by atoms with Crippen molar-refractivity contribution >= 4 is 0 Å². The van der Waals surface area contributed by atoms with Crippen molar-refractivity contribution in [3.8, 4) is 0 Å². The minimum absolute atomic E-state index is 0.0587.